The van der Waals surface area contributed by atoms with Crippen LogP contribution in [0.2, 0.25) is 0 Å². The maximum Gasteiger partial charge on any atom is 0.137 e. The van der Waals surface area contributed by atoms with Gasteiger partial charge in [-0.25, -0.2) is 0 Å². The molecule has 0 unspecified atom stereocenters. The lowest BCUT2D eigenvalue weighted by atomic mass is 9.96. The van der Waals surface area contributed by atoms with Gasteiger partial charge in [0, 0.05) is 33.3 Å². The van der Waals surface area contributed by atoms with Crippen molar-refractivity contribution in [2.45, 2.75) is 0 Å². The van der Waals surface area contributed by atoms with Crippen LogP contribution in [0, 0.1) is 0 Å². The highest BCUT2D eigenvalue weighted by molar-refractivity contribution is 6.14. The molecule has 0 aliphatic heterocycles. The Kier molecular flexibility index (Phi) is 9.89. The summed E-state index contributed by atoms with van der Waals surface area (Å²) in [4.78, 5) is 4.86. The molecule has 0 atom stereocenters. The summed E-state index contributed by atoms with van der Waals surface area (Å²) in [6, 6.07) is 90.8. The molecule has 0 saturated carbocycles. The molecule has 0 fully saturated rings. The van der Waals surface area contributed by atoms with E-state index in [0.29, 0.717) is 0 Å². The van der Waals surface area contributed by atoms with Gasteiger partial charge in [0.05, 0.1) is 33.8 Å². The number of furan rings is 1. The minimum atomic E-state index is 0.849. The van der Waals surface area contributed by atoms with Crippen LogP contribution in [0.3, 0.4) is 0 Å². The Morgan fingerprint density at radius 2 is 0.619 bits per heavy atom. The normalized spacial score (nSPS) is 11.2. The first kappa shape index (κ1) is 37.6. The van der Waals surface area contributed by atoms with Gasteiger partial charge in [0.1, 0.15) is 11.2 Å². The minimum Gasteiger partial charge on any atom is -0.456 e. The van der Waals surface area contributed by atoms with Crippen molar-refractivity contribution in [1.29, 1.82) is 0 Å². The van der Waals surface area contributed by atoms with Gasteiger partial charge in [-0.2, -0.15) is 0 Å². The first-order chi connectivity index (χ1) is 31.3. The van der Waals surface area contributed by atoms with Crippen molar-refractivity contribution in [3.05, 3.63) is 255 Å². The Labute approximate surface area is 368 Å². The number of para-hydroxylation sites is 5. The molecule has 1 aromatic heterocycles. The zero-order valence-corrected chi connectivity index (χ0v) is 34.6. The van der Waals surface area contributed by atoms with Crippen LogP contribution >= 0.6 is 0 Å². The highest BCUT2D eigenvalue weighted by atomic mass is 16.3. The van der Waals surface area contributed by atoms with E-state index < -0.39 is 0 Å². The number of hydrogen-bond donors (Lipinski definition) is 0. The highest BCUT2D eigenvalue weighted by Crippen LogP contribution is 2.50. The molecule has 0 spiro atoms. The van der Waals surface area contributed by atoms with Crippen molar-refractivity contribution in [3.8, 4) is 44.5 Å². The number of anilines is 6. The highest BCUT2D eigenvalue weighted by Gasteiger charge is 2.25. The molecule has 0 amide bonds. The average Bonchev–Trinajstić information content (AvgIpc) is 3.75. The van der Waals surface area contributed by atoms with E-state index >= 15 is 0 Å². The van der Waals surface area contributed by atoms with E-state index in [9.17, 15) is 0 Å². The fraction of sp³-hybridized carbons (Fsp3) is 0. The minimum absolute atomic E-state index is 0.849. The number of benzene rings is 10. The Bertz CT molecular complexity index is 3270. The molecule has 11 rings (SSSR count). The first-order valence-electron chi connectivity index (χ1n) is 21.4. The summed E-state index contributed by atoms with van der Waals surface area (Å²) in [7, 11) is 0. The molecule has 0 radical (unpaired) electrons. The lowest BCUT2D eigenvalue weighted by Crippen LogP contribution is -2.14. The molecule has 3 nitrogen and oxygen atoms in total. The molecule has 0 N–H and O–H groups in total. The second kappa shape index (κ2) is 16.6. The van der Waals surface area contributed by atoms with Crippen molar-refractivity contribution in [3.63, 3.8) is 0 Å². The van der Waals surface area contributed by atoms with E-state index in [1.54, 1.807) is 0 Å². The van der Waals surface area contributed by atoms with Gasteiger partial charge < -0.3 is 14.2 Å². The maximum atomic E-state index is 6.50. The van der Waals surface area contributed by atoms with Gasteiger partial charge in [0.2, 0.25) is 0 Å². The Balaban J connectivity index is 1.15. The van der Waals surface area contributed by atoms with E-state index in [0.717, 1.165) is 101 Å². The summed E-state index contributed by atoms with van der Waals surface area (Å²) >= 11 is 0. The molecule has 0 saturated heterocycles. The summed E-state index contributed by atoms with van der Waals surface area (Å²) in [5.41, 5.74) is 17.2. The summed E-state index contributed by atoms with van der Waals surface area (Å²) < 4.78 is 6.50. The third kappa shape index (κ3) is 7.02. The maximum absolute atomic E-state index is 6.50. The van der Waals surface area contributed by atoms with Crippen molar-refractivity contribution in [2.24, 2.45) is 0 Å². The van der Waals surface area contributed by atoms with Crippen LogP contribution in [0.5, 0.6) is 0 Å². The third-order valence-electron chi connectivity index (χ3n) is 11.9. The predicted molar refractivity (Wildman–Crippen MR) is 265 cm³/mol. The van der Waals surface area contributed by atoms with Gasteiger partial charge in [-0.15, -0.1) is 0 Å². The number of hydrogen-bond acceptors (Lipinski definition) is 3. The van der Waals surface area contributed by atoms with Crippen LogP contribution in [0.15, 0.2) is 259 Å². The van der Waals surface area contributed by atoms with Crippen LogP contribution in [0.1, 0.15) is 0 Å². The number of rotatable bonds is 10. The Morgan fingerprint density at radius 1 is 0.254 bits per heavy atom. The van der Waals surface area contributed by atoms with E-state index in [-0.39, 0.29) is 0 Å². The van der Waals surface area contributed by atoms with Gasteiger partial charge in [0.25, 0.3) is 0 Å². The van der Waals surface area contributed by atoms with Gasteiger partial charge in [-0.1, -0.05) is 200 Å². The second-order valence-corrected chi connectivity index (χ2v) is 15.6. The lowest BCUT2D eigenvalue weighted by molar-refractivity contribution is 0.669. The van der Waals surface area contributed by atoms with Crippen molar-refractivity contribution < 1.29 is 4.42 Å². The zero-order valence-electron chi connectivity index (χ0n) is 34.6. The van der Waals surface area contributed by atoms with E-state index in [1.807, 2.05) is 6.07 Å². The lowest BCUT2D eigenvalue weighted by Gasteiger charge is -2.32. The van der Waals surface area contributed by atoms with E-state index in [1.165, 1.54) is 0 Å². The summed E-state index contributed by atoms with van der Waals surface area (Å²) in [6.45, 7) is 0. The summed E-state index contributed by atoms with van der Waals surface area (Å²) in [5.74, 6) is 0. The first-order valence-corrected chi connectivity index (χ1v) is 21.4. The van der Waals surface area contributed by atoms with Gasteiger partial charge in [-0.3, -0.25) is 0 Å². The fourth-order valence-corrected chi connectivity index (χ4v) is 9.06. The number of nitrogens with zero attached hydrogens (tertiary/aromatic N) is 2. The fourth-order valence-electron chi connectivity index (χ4n) is 9.06. The van der Waals surface area contributed by atoms with Crippen LogP contribution in [-0.4, -0.2) is 0 Å². The van der Waals surface area contributed by atoms with Crippen LogP contribution in [0.25, 0.3) is 66.4 Å². The molecule has 11 aromatic rings. The largest absolute Gasteiger partial charge is 0.456 e. The van der Waals surface area contributed by atoms with Crippen LogP contribution < -0.4 is 9.80 Å². The van der Waals surface area contributed by atoms with Gasteiger partial charge in [0.15, 0.2) is 0 Å². The van der Waals surface area contributed by atoms with E-state index in [4.69, 9.17) is 4.42 Å². The van der Waals surface area contributed by atoms with Crippen LogP contribution in [0.4, 0.5) is 34.1 Å². The number of fused-ring (bicyclic) bond motifs is 3. The summed E-state index contributed by atoms with van der Waals surface area (Å²) in [5, 5.41) is 2.15. The molecule has 0 bridgehead atoms. The Hall–Kier alpha value is -8.40. The molecule has 0 aliphatic carbocycles. The van der Waals surface area contributed by atoms with Crippen molar-refractivity contribution >= 4 is 56.1 Å². The Morgan fingerprint density at radius 3 is 1.14 bits per heavy atom. The smallest absolute Gasteiger partial charge is 0.137 e. The van der Waals surface area contributed by atoms with Crippen LogP contribution in [-0.2, 0) is 0 Å². The predicted octanol–water partition coefficient (Wildman–Crippen LogP) is 17.2. The molecule has 10 aromatic carbocycles. The molecule has 63 heavy (non-hydrogen) atoms. The molecule has 298 valence electrons. The second-order valence-electron chi connectivity index (χ2n) is 15.6. The third-order valence-corrected chi connectivity index (χ3v) is 11.9. The molecular weight excluding hydrogens is 765 g/mol. The zero-order chi connectivity index (χ0) is 42.0. The monoisotopic (exact) mass is 806 g/mol. The van der Waals surface area contributed by atoms with Crippen molar-refractivity contribution in [2.75, 3.05) is 9.80 Å². The summed E-state index contributed by atoms with van der Waals surface area (Å²) in [6.07, 6.45) is 0. The quantitative estimate of drug-likeness (QED) is 0.137. The molecule has 1 heterocycles. The van der Waals surface area contributed by atoms with Crippen molar-refractivity contribution in [1.82, 2.24) is 0 Å². The molecule has 3 heteroatoms. The topological polar surface area (TPSA) is 19.6 Å². The van der Waals surface area contributed by atoms with E-state index in [2.05, 4.69) is 259 Å². The average molecular weight is 807 g/mol. The van der Waals surface area contributed by atoms with Gasteiger partial charge >= 0.3 is 0 Å². The standard InChI is InChI=1S/C60H42N2O/c1-4-22-43(23-5-1)48-30-10-15-35-53(48)61(57-39-21-41-59-60(57)52-34-14-19-40-58(52)63-59)47-29-20-28-46(42-47)51-33-13-18-38-56(51)62(54-36-16-11-31-49(54)44-24-6-2-7-25-44)55-37-17-12-32-50(55)45-26-8-3-9-27-45/h1-42H. The SMILES string of the molecule is c1ccc(-c2ccccc2N(c2ccccc2-c2ccccc2)c2ccccc2-c2cccc(N(c3ccccc3-c3ccccc3)c3cccc4oc5ccccc5c34)c2)cc1. The molecule has 0 aliphatic rings. The molecular formula is C60H42N2O. The van der Waals surface area contributed by atoms with Gasteiger partial charge in [-0.05, 0) is 76.9 Å².